The van der Waals surface area contributed by atoms with Gasteiger partial charge in [-0.15, -0.1) is 5.10 Å². The van der Waals surface area contributed by atoms with E-state index in [1.165, 1.54) is 0 Å². The molecule has 0 N–H and O–H groups in total. The van der Waals surface area contributed by atoms with Gasteiger partial charge in [0.05, 0.1) is 6.67 Å². The molecule has 1 aromatic heterocycles. The summed E-state index contributed by atoms with van der Waals surface area (Å²) < 4.78 is 15.4. The van der Waals surface area contributed by atoms with Gasteiger partial charge in [-0.1, -0.05) is 47.5 Å². The Balaban J connectivity index is 1.51. The molecule has 0 radical (unpaired) electrons. The number of hydrogen-bond acceptors (Lipinski definition) is 5. The van der Waals surface area contributed by atoms with Gasteiger partial charge in [-0.25, -0.2) is 4.68 Å². The SMILES string of the molecule is CN(Cc1ccc(Cl)cc1Cl)Cn1nc(-c2ccc3c(c2)OCO3)n(-c2ccccc2)c1=S. The molecule has 0 atom stereocenters. The van der Waals surface area contributed by atoms with Crippen LogP contribution in [0.2, 0.25) is 10.0 Å². The Kier molecular flexibility index (Phi) is 6.12. The second-order valence-electron chi connectivity index (χ2n) is 7.74. The summed E-state index contributed by atoms with van der Waals surface area (Å²) in [7, 11) is 1.99. The van der Waals surface area contributed by atoms with E-state index in [0.29, 0.717) is 33.8 Å². The molecule has 3 aromatic carbocycles. The highest BCUT2D eigenvalue weighted by Crippen LogP contribution is 2.36. The molecule has 0 unspecified atom stereocenters. The maximum Gasteiger partial charge on any atom is 0.231 e. The topological polar surface area (TPSA) is 44.5 Å². The van der Waals surface area contributed by atoms with Gasteiger partial charge >= 0.3 is 0 Å². The molecule has 2 heterocycles. The lowest BCUT2D eigenvalue weighted by Crippen LogP contribution is -2.22. The molecule has 1 aliphatic rings. The minimum atomic E-state index is 0.219. The van der Waals surface area contributed by atoms with Gasteiger partial charge in [-0.3, -0.25) is 9.47 Å². The first kappa shape index (κ1) is 22.0. The number of ether oxygens (including phenoxy) is 2. The van der Waals surface area contributed by atoms with Crippen molar-refractivity contribution in [1.82, 2.24) is 19.2 Å². The van der Waals surface area contributed by atoms with Gasteiger partial charge in [0.25, 0.3) is 0 Å². The minimum Gasteiger partial charge on any atom is -0.454 e. The largest absolute Gasteiger partial charge is 0.454 e. The third-order valence-electron chi connectivity index (χ3n) is 5.32. The van der Waals surface area contributed by atoms with E-state index in [4.69, 9.17) is 50.0 Å². The van der Waals surface area contributed by atoms with Crippen LogP contribution < -0.4 is 9.47 Å². The number of halogens is 2. The Bertz CT molecular complexity index is 1370. The van der Waals surface area contributed by atoms with Crippen molar-refractivity contribution < 1.29 is 9.47 Å². The van der Waals surface area contributed by atoms with Crippen LogP contribution in [0.4, 0.5) is 0 Å². The fourth-order valence-corrected chi connectivity index (χ4v) is 4.51. The molecular formula is C24H20Cl2N4O2S. The predicted molar refractivity (Wildman–Crippen MR) is 132 cm³/mol. The summed E-state index contributed by atoms with van der Waals surface area (Å²) in [6.07, 6.45) is 0. The molecule has 1 aliphatic heterocycles. The third-order valence-corrected chi connectivity index (χ3v) is 6.30. The zero-order valence-electron chi connectivity index (χ0n) is 17.7. The first-order valence-corrected chi connectivity index (χ1v) is 11.4. The molecular weight excluding hydrogens is 479 g/mol. The summed E-state index contributed by atoms with van der Waals surface area (Å²) in [4.78, 5) is 2.09. The van der Waals surface area contributed by atoms with Crippen molar-refractivity contribution >= 4 is 35.4 Å². The first-order valence-electron chi connectivity index (χ1n) is 10.3. The van der Waals surface area contributed by atoms with E-state index in [-0.39, 0.29) is 6.79 Å². The van der Waals surface area contributed by atoms with Gasteiger partial charge in [0.15, 0.2) is 17.3 Å². The molecule has 5 rings (SSSR count). The van der Waals surface area contributed by atoms with Crippen molar-refractivity contribution in [3.8, 4) is 28.6 Å². The lowest BCUT2D eigenvalue weighted by atomic mass is 10.2. The standard InChI is InChI=1S/C24H20Cl2N4O2S/c1-28(13-17-7-9-18(25)12-20(17)26)14-29-24(33)30(19-5-3-2-4-6-19)23(27-29)16-8-10-21-22(11-16)32-15-31-21/h2-12H,13-15H2,1H3. The Morgan fingerprint density at radius 1 is 1.00 bits per heavy atom. The highest BCUT2D eigenvalue weighted by molar-refractivity contribution is 7.71. The quantitative estimate of drug-likeness (QED) is 0.296. The lowest BCUT2D eigenvalue weighted by molar-refractivity contribution is 0.174. The van der Waals surface area contributed by atoms with E-state index in [9.17, 15) is 0 Å². The molecule has 0 aliphatic carbocycles. The number of hydrogen-bond donors (Lipinski definition) is 0. The van der Waals surface area contributed by atoms with Gasteiger partial charge < -0.3 is 9.47 Å². The highest BCUT2D eigenvalue weighted by atomic mass is 35.5. The Hall–Kier alpha value is -2.84. The molecule has 168 valence electrons. The van der Waals surface area contributed by atoms with Crippen LogP contribution in [0.3, 0.4) is 0 Å². The van der Waals surface area contributed by atoms with Crippen LogP contribution >= 0.6 is 35.4 Å². The van der Waals surface area contributed by atoms with Crippen LogP contribution in [-0.4, -0.2) is 33.1 Å². The molecule has 0 fully saturated rings. The summed E-state index contributed by atoms with van der Waals surface area (Å²) in [6.45, 7) is 1.32. The summed E-state index contributed by atoms with van der Waals surface area (Å²) in [5, 5.41) is 6.13. The molecule has 0 amide bonds. The number of nitrogens with zero attached hydrogens (tertiary/aromatic N) is 4. The van der Waals surface area contributed by atoms with E-state index < -0.39 is 0 Å². The Morgan fingerprint density at radius 3 is 2.58 bits per heavy atom. The number of para-hydroxylation sites is 1. The van der Waals surface area contributed by atoms with E-state index in [1.54, 1.807) is 6.07 Å². The zero-order valence-corrected chi connectivity index (χ0v) is 20.1. The second kappa shape index (κ2) is 9.19. The monoisotopic (exact) mass is 498 g/mol. The molecule has 4 aromatic rings. The zero-order chi connectivity index (χ0) is 22.9. The summed E-state index contributed by atoms with van der Waals surface area (Å²) in [5.74, 6) is 2.15. The minimum absolute atomic E-state index is 0.219. The Labute approximate surface area is 206 Å². The van der Waals surface area contributed by atoms with E-state index in [1.807, 2.05) is 77.0 Å². The molecule has 0 spiro atoms. The van der Waals surface area contributed by atoms with Gasteiger partial charge in [-0.2, -0.15) is 0 Å². The highest BCUT2D eigenvalue weighted by Gasteiger charge is 2.20. The fourth-order valence-electron chi connectivity index (χ4n) is 3.75. The van der Waals surface area contributed by atoms with Crippen LogP contribution in [0, 0.1) is 4.77 Å². The summed E-state index contributed by atoms with van der Waals surface area (Å²) >= 11 is 18.3. The van der Waals surface area contributed by atoms with Crippen molar-refractivity contribution in [2.75, 3.05) is 13.8 Å². The third kappa shape index (κ3) is 4.50. The molecule has 0 bridgehead atoms. The van der Waals surface area contributed by atoms with E-state index in [0.717, 1.165) is 28.4 Å². The van der Waals surface area contributed by atoms with Crippen molar-refractivity contribution in [3.63, 3.8) is 0 Å². The fraction of sp³-hybridized carbons (Fsp3) is 0.167. The maximum absolute atomic E-state index is 6.36. The maximum atomic E-state index is 6.36. The van der Waals surface area contributed by atoms with Crippen LogP contribution in [0.15, 0.2) is 66.7 Å². The molecule has 9 heteroatoms. The van der Waals surface area contributed by atoms with Gasteiger partial charge in [0, 0.05) is 27.8 Å². The average molecular weight is 499 g/mol. The van der Waals surface area contributed by atoms with E-state index in [2.05, 4.69) is 4.90 Å². The van der Waals surface area contributed by atoms with Crippen molar-refractivity contribution in [2.24, 2.45) is 0 Å². The number of benzene rings is 3. The van der Waals surface area contributed by atoms with Crippen LogP contribution in [0.5, 0.6) is 11.5 Å². The number of rotatable bonds is 6. The van der Waals surface area contributed by atoms with Crippen molar-refractivity contribution in [3.05, 3.63) is 87.1 Å². The first-order chi connectivity index (χ1) is 16.0. The summed E-state index contributed by atoms with van der Waals surface area (Å²) in [5.41, 5.74) is 2.80. The molecule has 0 saturated heterocycles. The molecule has 0 saturated carbocycles. The van der Waals surface area contributed by atoms with Crippen molar-refractivity contribution in [2.45, 2.75) is 13.2 Å². The normalized spacial score (nSPS) is 12.5. The van der Waals surface area contributed by atoms with Crippen molar-refractivity contribution in [1.29, 1.82) is 0 Å². The second-order valence-corrected chi connectivity index (χ2v) is 8.94. The Morgan fingerprint density at radius 2 is 1.79 bits per heavy atom. The van der Waals surface area contributed by atoms with Crippen LogP contribution in [0.1, 0.15) is 5.56 Å². The van der Waals surface area contributed by atoms with Gasteiger partial charge in [0.1, 0.15) is 0 Å². The predicted octanol–water partition coefficient (Wildman–Crippen LogP) is 6.20. The van der Waals surface area contributed by atoms with Crippen LogP contribution in [0.25, 0.3) is 17.1 Å². The van der Waals surface area contributed by atoms with Crippen LogP contribution in [-0.2, 0) is 13.2 Å². The summed E-state index contributed by atoms with van der Waals surface area (Å²) in [6, 6.07) is 21.3. The number of fused-ring (bicyclic) bond motifs is 1. The number of aromatic nitrogens is 3. The lowest BCUT2D eigenvalue weighted by Gasteiger charge is -2.17. The van der Waals surface area contributed by atoms with Gasteiger partial charge in [-0.05, 0) is 67.3 Å². The molecule has 33 heavy (non-hydrogen) atoms. The smallest absolute Gasteiger partial charge is 0.231 e. The van der Waals surface area contributed by atoms with E-state index >= 15 is 0 Å². The molecule has 6 nitrogen and oxygen atoms in total. The van der Waals surface area contributed by atoms with Gasteiger partial charge in [0.2, 0.25) is 11.6 Å². The average Bonchev–Trinajstić information content (AvgIpc) is 3.40.